The van der Waals surface area contributed by atoms with E-state index in [1.807, 2.05) is 12.1 Å². The van der Waals surface area contributed by atoms with Crippen LogP contribution in [-0.2, 0) is 0 Å². The maximum Gasteiger partial charge on any atom is 0.166 e. The van der Waals surface area contributed by atoms with Crippen molar-refractivity contribution in [3.63, 3.8) is 0 Å². The molecule has 2 N–H and O–H groups in total. The third-order valence-electron chi connectivity index (χ3n) is 4.78. The van der Waals surface area contributed by atoms with Gasteiger partial charge in [0, 0.05) is 23.9 Å². The van der Waals surface area contributed by atoms with Crippen molar-refractivity contribution >= 4 is 45.6 Å². The van der Waals surface area contributed by atoms with Gasteiger partial charge in [0.15, 0.2) is 5.82 Å². The number of hydrogen-bond acceptors (Lipinski definition) is 5. The van der Waals surface area contributed by atoms with Gasteiger partial charge >= 0.3 is 0 Å². The molecule has 2 heterocycles. The summed E-state index contributed by atoms with van der Waals surface area (Å²) in [4.78, 5) is 8.62. The van der Waals surface area contributed by atoms with Crippen molar-refractivity contribution in [1.29, 1.82) is 0 Å². The van der Waals surface area contributed by atoms with E-state index in [-0.39, 0.29) is 15.7 Å². The Labute approximate surface area is 165 Å². The second kappa shape index (κ2) is 7.46. The van der Waals surface area contributed by atoms with E-state index < -0.39 is 5.82 Å². The molecule has 8 heteroatoms. The van der Waals surface area contributed by atoms with Crippen LogP contribution in [0.15, 0.2) is 30.6 Å². The number of nitrogens with one attached hydrogen (secondary N) is 2. The van der Waals surface area contributed by atoms with Crippen LogP contribution < -0.4 is 15.4 Å². The first kappa shape index (κ1) is 18.2. The predicted octanol–water partition coefficient (Wildman–Crippen LogP) is 4.90. The Morgan fingerprint density at radius 3 is 2.85 bits per heavy atom. The second-order valence-corrected chi connectivity index (χ2v) is 7.16. The molecule has 0 bridgehead atoms. The Morgan fingerprint density at radius 2 is 2.11 bits per heavy atom. The lowest BCUT2D eigenvalue weighted by molar-refractivity contribution is 0.407. The van der Waals surface area contributed by atoms with Gasteiger partial charge < -0.3 is 15.4 Å². The summed E-state index contributed by atoms with van der Waals surface area (Å²) in [7, 11) is 1.65. The van der Waals surface area contributed by atoms with Crippen molar-refractivity contribution in [1.82, 2.24) is 15.3 Å². The first-order chi connectivity index (χ1) is 13.1. The number of nitrogens with zero attached hydrogens (tertiary/aromatic N) is 2. The van der Waals surface area contributed by atoms with E-state index in [4.69, 9.17) is 27.9 Å². The summed E-state index contributed by atoms with van der Waals surface area (Å²) < 4.78 is 20.0. The van der Waals surface area contributed by atoms with Gasteiger partial charge in [-0.1, -0.05) is 23.2 Å². The molecule has 3 aromatic rings. The number of anilines is 2. The number of aromatic nitrogens is 2. The van der Waals surface area contributed by atoms with Gasteiger partial charge in [0.2, 0.25) is 0 Å². The van der Waals surface area contributed by atoms with Crippen LogP contribution in [0.2, 0.25) is 10.0 Å². The quantitative estimate of drug-likeness (QED) is 0.603. The molecule has 0 aliphatic carbocycles. The molecule has 1 fully saturated rings. The van der Waals surface area contributed by atoms with E-state index in [9.17, 15) is 4.39 Å². The van der Waals surface area contributed by atoms with Gasteiger partial charge in [0.25, 0.3) is 0 Å². The van der Waals surface area contributed by atoms with Gasteiger partial charge in [0.05, 0.1) is 28.4 Å². The molecule has 1 unspecified atom stereocenters. The molecule has 1 aliphatic rings. The van der Waals surface area contributed by atoms with Crippen LogP contribution in [0.5, 0.6) is 5.75 Å². The van der Waals surface area contributed by atoms with Crippen molar-refractivity contribution in [2.75, 3.05) is 25.5 Å². The summed E-state index contributed by atoms with van der Waals surface area (Å²) in [5.41, 5.74) is 1.99. The van der Waals surface area contributed by atoms with E-state index in [0.29, 0.717) is 17.3 Å². The van der Waals surface area contributed by atoms with Crippen molar-refractivity contribution in [2.45, 2.75) is 12.3 Å². The van der Waals surface area contributed by atoms with Gasteiger partial charge in [-0.15, -0.1) is 0 Å². The molecule has 1 aromatic heterocycles. The zero-order valence-corrected chi connectivity index (χ0v) is 16.0. The molecule has 0 saturated carbocycles. The Balaban J connectivity index is 1.81. The van der Waals surface area contributed by atoms with Crippen molar-refractivity contribution < 1.29 is 9.13 Å². The number of rotatable bonds is 4. The number of methoxy groups -OCH3 is 1. The van der Waals surface area contributed by atoms with Gasteiger partial charge in [-0.3, -0.25) is 0 Å². The minimum absolute atomic E-state index is 0.126. The number of benzene rings is 2. The van der Waals surface area contributed by atoms with Crippen LogP contribution in [0.4, 0.5) is 15.9 Å². The van der Waals surface area contributed by atoms with Crippen LogP contribution >= 0.6 is 23.2 Å². The summed E-state index contributed by atoms with van der Waals surface area (Å²) in [6, 6.07) is 6.98. The number of fused-ring (bicyclic) bond motifs is 1. The molecule has 4 rings (SSSR count). The van der Waals surface area contributed by atoms with Crippen LogP contribution in [0.1, 0.15) is 17.9 Å². The lowest BCUT2D eigenvalue weighted by atomic mass is 9.95. The van der Waals surface area contributed by atoms with Crippen LogP contribution in [0.3, 0.4) is 0 Å². The summed E-state index contributed by atoms with van der Waals surface area (Å²) >= 11 is 11.8. The standard InChI is InChI=1S/C19H17Cl2FN4O/c1-27-16-7-15-12(6-11(16)10-4-5-23-8-10)19(25-9-24-15)26-14-3-2-13(20)17(21)18(14)22/h2-3,6-7,9-10,23H,4-5,8H2,1H3,(H,24,25,26). The SMILES string of the molecule is COc1cc2ncnc(Nc3ccc(Cl)c(Cl)c3F)c2cc1C1CCNC1. The highest BCUT2D eigenvalue weighted by Crippen LogP contribution is 2.37. The van der Waals surface area contributed by atoms with Gasteiger partial charge in [-0.25, -0.2) is 14.4 Å². The van der Waals surface area contributed by atoms with E-state index in [1.54, 1.807) is 7.11 Å². The summed E-state index contributed by atoms with van der Waals surface area (Å²) in [5, 5.41) is 7.20. The van der Waals surface area contributed by atoms with Gasteiger partial charge in [0.1, 0.15) is 17.9 Å². The largest absolute Gasteiger partial charge is 0.496 e. The highest BCUT2D eigenvalue weighted by atomic mass is 35.5. The van der Waals surface area contributed by atoms with Crippen LogP contribution in [-0.4, -0.2) is 30.2 Å². The molecule has 140 valence electrons. The normalized spacial score (nSPS) is 16.7. The molecule has 0 amide bonds. The zero-order valence-electron chi connectivity index (χ0n) is 14.5. The van der Waals surface area contributed by atoms with Crippen molar-refractivity contribution in [3.8, 4) is 5.75 Å². The molecular formula is C19H17Cl2FN4O. The number of ether oxygens (including phenoxy) is 1. The average molecular weight is 407 g/mol. The van der Waals surface area contributed by atoms with Gasteiger partial charge in [-0.2, -0.15) is 0 Å². The smallest absolute Gasteiger partial charge is 0.166 e. The maximum atomic E-state index is 14.4. The maximum absolute atomic E-state index is 14.4. The summed E-state index contributed by atoms with van der Waals surface area (Å²) in [6.07, 6.45) is 2.45. The molecule has 0 spiro atoms. The number of halogens is 3. The lowest BCUT2D eigenvalue weighted by Gasteiger charge is -2.16. The molecule has 2 aromatic carbocycles. The molecule has 1 aliphatic heterocycles. The summed E-state index contributed by atoms with van der Waals surface area (Å²) in [6.45, 7) is 1.86. The van der Waals surface area contributed by atoms with E-state index in [1.165, 1.54) is 18.5 Å². The van der Waals surface area contributed by atoms with Crippen molar-refractivity contribution in [2.24, 2.45) is 0 Å². The Hall–Kier alpha value is -2.15. The molecular weight excluding hydrogens is 390 g/mol. The van der Waals surface area contributed by atoms with Gasteiger partial charge in [-0.05, 0) is 36.7 Å². The summed E-state index contributed by atoms with van der Waals surface area (Å²) in [5.74, 6) is 1.01. The molecule has 0 radical (unpaired) electrons. The minimum atomic E-state index is -0.621. The highest BCUT2D eigenvalue weighted by molar-refractivity contribution is 6.42. The fraction of sp³-hybridized carbons (Fsp3) is 0.263. The third-order valence-corrected chi connectivity index (χ3v) is 5.56. The third kappa shape index (κ3) is 3.40. The monoisotopic (exact) mass is 406 g/mol. The average Bonchev–Trinajstić information content (AvgIpc) is 3.22. The Kier molecular flexibility index (Phi) is 5.04. The van der Waals surface area contributed by atoms with Crippen LogP contribution in [0, 0.1) is 5.82 Å². The predicted molar refractivity (Wildman–Crippen MR) is 106 cm³/mol. The Bertz CT molecular complexity index is 1010. The topological polar surface area (TPSA) is 59.1 Å². The zero-order chi connectivity index (χ0) is 19.0. The first-order valence-electron chi connectivity index (χ1n) is 8.52. The van der Waals surface area contributed by atoms with Crippen LogP contribution in [0.25, 0.3) is 10.9 Å². The molecule has 5 nitrogen and oxygen atoms in total. The lowest BCUT2D eigenvalue weighted by Crippen LogP contribution is -2.09. The molecule has 27 heavy (non-hydrogen) atoms. The van der Waals surface area contributed by atoms with E-state index in [0.717, 1.165) is 36.2 Å². The van der Waals surface area contributed by atoms with E-state index in [2.05, 4.69) is 20.6 Å². The molecule has 1 saturated heterocycles. The molecule has 1 atom stereocenters. The Morgan fingerprint density at radius 1 is 1.26 bits per heavy atom. The number of hydrogen-bond donors (Lipinski definition) is 2. The minimum Gasteiger partial charge on any atom is -0.496 e. The van der Waals surface area contributed by atoms with Crippen molar-refractivity contribution in [3.05, 3.63) is 52.0 Å². The second-order valence-electron chi connectivity index (χ2n) is 6.37. The first-order valence-corrected chi connectivity index (χ1v) is 9.28. The highest BCUT2D eigenvalue weighted by Gasteiger charge is 2.22. The van der Waals surface area contributed by atoms with E-state index >= 15 is 0 Å². The fourth-order valence-corrected chi connectivity index (χ4v) is 3.68. The fourth-order valence-electron chi connectivity index (χ4n) is 3.37.